The number of hydrogen-bond donors (Lipinski definition) is 5. The Labute approximate surface area is 225 Å². The molecular formula is C24H33N11O2S. The highest BCUT2D eigenvalue weighted by Crippen LogP contribution is 2.38. The van der Waals surface area contributed by atoms with Gasteiger partial charge in [0.2, 0.25) is 11.7 Å². The molecule has 38 heavy (non-hydrogen) atoms. The summed E-state index contributed by atoms with van der Waals surface area (Å²) < 4.78 is 5.81. The standard InChI is InChI=1S/C24H33N11O2S/c1-14-13-19(33-32-14)29-21-20(37-4)22(35-11-9-34(10-12-35)15(2)27-23(25)26)31-24(30-21)38-18-7-5-17(6-8-18)28-16(3)36/h5-8,13,15H,9-12H2,1-4H3,(H,28,36)(H4,25,26,27)(H2,29,30,31,32,33). The van der Waals surface area contributed by atoms with Crippen LogP contribution >= 0.6 is 11.8 Å². The van der Waals surface area contributed by atoms with E-state index in [0.29, 0.717) is 41.4 Å². The van der Waals surface area contributed by atoms with Crippen molar-refractivity contribution >= 4 is 46.8 Å². The van der Waals surface area contributed by atoms with Crippen LogP contribution in [0.1, 0.15) is 19.5 Å². The SMILES string of the molecule is COc1c(Nc2cc(C)[nH]n2)nc(Sc2ccc(NC(C)=O)cc2)nc1N1CCN(C(C)N=C(N)N)CC1. The number of ether oxygens (including phenoxy) is 1. The minimum Gasteiger partial charge on any atom is -0.490 e. The Kier molecular flexibility index (Phi) is 8.53. The number of H-pyrrole nitrogens is 1. The molecule has 0 radical (unpaired) electrons. The largest absolute Gasteiger partial charge is 0.490 e. The van der Waals surface area contributed by atoms with Gasteiger partial charge in [-0.05, 0) is 49.9 Å². The van der Waals surface area contributed by atoms with Crippen molar-refractivity contribution in [3.8, 4) is 5.75 Å². The van der Waals surface area contributed by atoms with Crippen LogP contribution in [0.3, 0.4) is 0 Å². The number of nitrogens with zero attached hydrogens (tertiary/aromatic N) is 6. The predicted molar refractivity (Wildman–Crippen MR) is 149 cm³/mol. The van der Waals surface area contributed by atoms with E-state index in [0.717, 1.165) is 29.4 Å². The van der Waals surface area contributed by atoms with Gasteiger partial charge in [-0.25, -0.2) is 15.0 Å². The van der Waals surface area contributed by atoms with Crippen molar-refractivity contribution < 1.29 is 9.53 Å². The van der Waals surface area contributed by atoms with E-state index in [1.165, 1.54) is 18.7 Å². The molecule has 2 aromatic heterocycles. The van der Waals surface area contributed by atoms with Gasteiger partial charge in [0.25, 0.3) is 0 Å². The van der Waals surface area contributed by atoms with E-state index in [1.54, 1.807) is 7.11 Å². The van der Waals surface area contributed by atoms with Gasteiger partial charge in [-0.3, -0.25) is 14.8 Å². The zero-order chi connectivity index (χ0) is 27.2. The normalized spacial score (nSPS) is 14.6. The maximum atomic E-state index is 11.3. The summed E-state index contributed by atoms with van der Waals surface area (Å²) in [6.07, 6.45) is -0.110. The molecule has 202 valence electrons. The first-order valence-electron chi connectivity index (χ1n) is 12.1. The van der Waals surface area contributed by atoms with E-state index >= 15 is 0 Å². The smallest absolute Gasteiger partial charge is 0.221 e. The second-order valence-corrected chi connectivity index (χ2v) is 9.83. The number of nitrogens with one attached hydrogen (secondary N) is 3. The molecule has 1 amide bonds. The van der Waals surface area contributed by atoms with Crippen LogP contribution in [0.4, 0.5) is 23.1 Å². The topological polar surface area (TPSA) is 176 Å². The number of methoxy groups -OCH3 is 1. The lowest BCUT2D eigenvalue weighted by Gasteiger charge is -2.37. The molecule has 0 saturated carbocycles. The molecule has 0 spiro atoms. The first-order chi connectivity index (χ1) is 18.2. The number of hydrogen-bond acceptors (Lipinski definition) is 10. The van der Waals surface area contributed by atoms with Gasteiger partial charge < -0.3 is 31.7 Å². The summed E-state index contributed by atoms with van der Waals surface area (Å²) in [6, 6.07) is 9.40. The van der Waals surface area contributed by atoms with Crippen LogP contribution < -0.4 is 31.7 Å². The third kappa shape index (κ3) is 6.83. The third-order valence-electron chi connectivity index (χ3n) is 5.85. The zero-order valence-corrected chi connectivity index (χ0v) is 22.7. The second kappa shape index (κ2) is 12.0. The van der Waals surface area contributed by atoms with E-state index in [4.69, 9.17) is 26.2 Å². The summed E-state index contributed by atoms with van der Waals surface area (Å²) in [5, 5.41) is 13.8. The molecule has 1 atom stereocenters. The Morgan fingerprint density at radius 1 is 1.18 bits per heavy atom. The molecule has 1 aliphatic heterocycles. The Morgan fingerprint density at radius 3 is 2.47 bits per heavy atom. The van der Waals surface area contributed by atoms with Crippen LogP contribution in [0.15, 0.2) is 45.4 Å². The molecule has 0 aliphatic carbocycles. The van der Waals surface area contributed by atoms with Crippen LogP contribution in [0.5, 0.6) is 5.75 Å². The number of aromatic amines is 1. The number of benzene rings is 1. The molecule has 4 rings (SSSR count). The Hall–Kier alpha value is -4.04. The lowest BCUT2D eigenvalue weighted by molar-refractivity contribution is -0.114. The van der Waals surface area contributed by atoms with Crippen molar-refractivity contribution in [1.29, 1.82) is 0 Å². The van der Waals surface area contributed by atoms with Crippen molar-refractivity contribution in [3.63, 3.8) is 0 Å². The lowest BCUT2D eigenvalue weighted by atomic mass is 10.3. The second-order valence-electron chi connectivity index (χ2n) is 8.79. The zero-order valence-electron chi connectivity index (χ0n) is 21.9. The Morgan fingerprint density at radius 2 is 1.89 bits per heavy atom. The maximum Gasteiger partial charge on any atom is 0.221 e. The molecule has 1 fully saturated rings. The van der Waals surface area contributed by atoms with Crippen LogP contribution in [-0.2, 0) is 4.79 Å². The van der Waals surface area contributed by atoms with Gasteiger partial charge in [-0.15, -0.1) is 0 Å². The number of guanidine groups is 1. The number of carbonyl (C=O) groups is 1. The highest BCUT2D eigenvalue weighted by molar-refractivity contribution is 7.99. The molecule has 1 aromatic carbocycles. The van der Waals surface area contributed by atoms with Gasteiger partial charge in [0, 0.05) is 55.4 Å². The maximum absolute atomic E-state index is 11.3. The van der Waals surface area contributed by atoms with E-state index in [9.17, 15) is 4.79 Å². The number of nitrogens with two attached hydrogens (primary N) is 2. The van der Waals surface area contributed by atoms with Crippen molar-refractivity contribution in [3.05, 3.63) is 36.0 Å². The summed E-state index contributed by atoms with van der Waals surface area (Å²) in [5.74, 6) is 2.30. The van der Waals surface area contributed by atoms with E-state index in [1.807, 2.05) is 44.2 Å². The Bertz CT molecular complexity index is 1280. The van der Waals surface area contributed by atoms with Gasteiger partial charge in [0.05, 0.1) is 7.11 Å². The fraction of sp³-hybridized carbons (Fsp3) is 0.375. The molecule has 3 heterocycles. The van der Waals surface area contributed by atoms with Gasteiger partial charge >= 0.3 is 0 Å². The van der Waals surface area contributed by atoms with Crippen molar-refractivity contribution in [1.82, 2.24) is 25.1 Å². The molecule has 14 heteroatoms. The number of piperazine rings is 1. The average molecular weight is 540 g/mol. The number of aryl methyl sites for hydroxylation is 1. The van der Waals surface area contributed by atoms with Crippen LogP contribution in [0.25, 0.3) is 0 Å². The molecule has 1 saturated heterocycles. The summed E-state index contributed by atoms with van der Waals surface area (Å²) in [5.41, 5.74) is 12.8. The minimum atomic E-state index is -0.120. The highest BCUT2D eigenvalue weighted by atomic mass is 32.2. The first kappa shape index (κ1) is 27.0. The monoisotopic (exact) mass is 539 g/mol. The first-order valence-corrected chi connectivity index (χ1v) is 12.9. The summed E-state index contributed by atoms with van der Waals surface area (Å²) >= 11 is 1.41. The molecule has 7 N–H and O–H groups in total. The number of anilines is 4. The predicted octanol–water partition coefficient (Wildman–Crippen LogP) is 2.11. The quantitative estimate of drug-likeness (QED) is 0.153. The van der Waals surface area contributed by atoms with Crippen molar-refractivity contribution in [2.75, 3.05) is 48.8 Å². The molecule has 1 aliphatic rings. The molecule has 0 bridgehead atoms. The number of amides is 1. The van der Waals surface area contributed by atoms with Gasteiger partial charge in [-0.2, -0.15) is 5.10 Å². The van der Waals surface area contributed by atoms with Gasteiger partial charge in [0.15, 0.2) is 28.6 Å². The fourth-order valence-electron chi connectivity index (χ4n) is 4.07. The van der Waals surface area contributed by atoms with Crippen LogP contribution in [0, 0.1) is 6.92 Å². The molecule has 13 nitrogen and oxygen atoms in total. The Balaban J connectivity index is 1.62. The number of aliphatic imine (C=N–C) groups is 1. The van der Waals surface area contributed by atoms with Crippen LogP contribution in [0.2, 0.25) is 0 Å². The summed E-state index contributed by atoms with van der Waals surface area (Å²) in [7, 11) is 1.60. The van der Waals surface area contributed by atoms with E-state index in [-0.39, 0.29) is 18.0 Å². The third-order valence-corrected chi connectivity index (χ3v) is 6.72. The minimum absolute atomic E-state index is 0.0773. The fourth-order valence-corrected chi connectivity index (χ4v) is 4.83. The van der Waals surface area contributed by atoms with Crippen molar-refractivity contribution in [2.24, 2.45) is 16.5 Å². The molecule has 1 unspecified atom stereocenters. The van der Waals surface area contributed by atoms with Gasteiger partial charge in [0.1, 0.15) is 6.17 Å². The lowest BCUT2D eigenvalue weighted by Crippen LogP contribution is -2.50. The molecular weight excluding hydrogens is 506 g/mol. The summed E-state index contributed by atoms with van der Waals surface area (Å²) in [6.45, 7) is 8.28. The van der Waals surface area contributed by atoms with Crippen LogP contribution in [-0.4, -0.2) is 76.4 Å². The van der Waals surface area contributed by atoms with Crippen molar-refractivity contribution in [2.45, 2.75) is 37.0 Å². The van der Waals surface area contributed by atoms with E-state index in [2.05, 4.69) is 35.6 Å². The average Bonchev–Trinajstić information content (AvgIpc) is 3.28. The summed E-state index contributed by atoms with van der Waals surface area (Å²) in [4.78, 5) is 30.6. The number of carbonyl (C=O) groups excluding carboxylic acids is 1. The molecule has 3 aromatic rings. The highest BCUT2D eigenvalue weighted by Gasteiger charge is 2.27. The number of aromatic nitrogens is 4. The van der Waals surface area contributed by atoms with E-state index < -0.39 is 0 Å². The number of rotatable bonds is 9. The van der Waals surface area contributed by atoms with Gasteiger partial charge in [-0.1, -0.05) is 0 Å².